The van der Waals surface area contributed by atoms with Gasteiger partial charge in [0.25, 0.3) is 0 Å². The van der Waals surface area contributed by atoms with Crippen molar-refractivity contribution in [1.82, 2.24) is 0 Å². The van der Waals surface area contributed by atoms with Crippen LogP contribution in [-0.2, 0) is 0 Å². The van der Waals surface area contributed by atoms with E-state index >= 15 is 0 Å². The first-order chi connectivity index (χ1) is 12.5. The summed E-state index contributed by atoms with van der Waals surface area (Å²) < 4.78 is 12.2. The minimum Gasteiger partial charge on any atom is -0.493 e. The van der Waals surface area contributed by atoms with Gasteiger partial charge in [-0.25, -0.2) is 0 Å². The SMILES string of the molecule is Cc1cc(-c2cc(C)c(OCC3CC3)c(C)c2)cc(C)c1OCC1CC1. The lowest BCUT2D eigenvalue weighted by atomic mass is 9.96. The van der Waals surface area contributed by atoms with Gasteiger partial charge in [0.2, 0.25) is 0 Å². The van der Waals surface area contributed by atoms with Crippen molar-refractivity contribution in [1.29, 1.82) is 0 Å². The average Bonchev–Trinajstić information content (AvgIpc) is 3.47. The van der Waals surface area contributed by atoms with Crippen molar-refractivity contribution in [2.24, 2.45) is 11.8 Å². The van der Waals surface area contributed by atoms with Crippen LogP contribution in [-0.4, -0.2) is 13.2 Å². The Balaban J connectivity index is 1.57. The molecule has 2 heteroatoms. The molecule has 0 heterocycles. The Labute approximate surface area is 157 Å². The van der Waals surface area contributed by atoms with E-state index in [9.17, 15) is 0 Å². The molecule has 0 N–H and O–H groups in total. The fourth-order valence-corrected chi connectivity index (χ4v) is 3.66. The summed E-state index contributed by atoms with van der Waals surface area (Å²) in [6, 6.07) is 9.03. The minimum atomic E-state index is 0.780. The Kier molecular flexibility index (Phi) is 4.69. The highest BCUT2D eigenvalue weighted by molar-refractivity contribution is 5.70. The zero-order chi connectivity index (χ0) is 18.3. The lowest BCUT2D eigenvalue weighted by Crippen LogP contribution is -2.03. The quantitative estimate of drug-likeness (QED) is 0.595. The highest BCUT2D eigenvalue weighted by Crippen LogP contribution is 2.37. The van der Waals surface area contributed by atoms with Gasteiger partial charge < -0.3 is 9.47 Å². The second-order valence-electron chi connectivity index (χ2n) is 8.39. The van der Waals surface area contributed by atoms with Gasteiger partial charge in [-0.2, -0.15) is 0 Å². The number of benzene rings is 2. The summed E-state index contributed by atoms with van der Waals surface area (Å²) in [6.45, 7) is 10.4. The monoisotopic (exact) mass is 350 g/mol. The molecule has 2 saturated carbocycles. The Morgan fingerprint density at radius 1 is 0.615 bits per heavy atom. The van der Waals surface area contributed by atoms with Gasteiger partial charge in [0.15, 0.2) is 0 Å². The summed E-state index contributed by atoms with van der Waals surface area (Å²) in [6.07, 6.45) is 5.29. The van der Waals surface area contributed by atoms with Crippen molar-refractivity contribution in [3.8, 4) is 22.6 Å². The van der Waals surface area contributed by atoms with Crippen LogP contribution in [0.15, 0.2) is 24.3 Å². The van der Waals surface area contributed by atoms with Gasteiger partial charge in [-0.15, -0.1) is 0 Å². The summed E-state index contributed by atoms with van der Waals surface area (Å²) in [4.78, 5) is 0. The van der Waals surface area contributed by atoms with Crippen LogP contribution in [0.1, 0.15) is 47.9 Å². The van der Waals surface area contributed by atoms with Gasteiger partial charge in [-0.3, -0.25) is 0 Å². The van der Waals surface area contributed by atoms with Crippen molar-refractivity contribution in [2.45, 2.75) is 53.4 Å². The predicted octanol–water partition coefficient (Wildman–Crippen LogP) is 6.16. The van der Waals surface area contributed by atoms with Gasteiger partial charge in [0.05, 0.1) is 13.2 Å². The Morgan fingerprint density at radius 2 is 0.923 bits per heavy atom. The molecule has 0 bridgehead atoms. The van der Waals surface area contributed by atoms with Crippen molar-refractivity contribution >= 4 is 0 Å². The molecule has 0 unspecified atom stereocenters. The second kappa shape index (κ2) is 6.98. The number of hydrogen-bond donors (Lipinski definition) is 0. The maximum atomic E-state index is 6.09. The van der Waals surface area contributed by atoms with E-state index < -0.39 is 0 Å². The van der Waals surface area contributed by atoms with E-state index in [0.29, 0.717) is 0 Å². The van der Waals surface area contributed by atoms with E-state index in [0.717, 1.165) is 36.5 Å². The standard InChI is InChI=1S/C24H30O2/c1-15-9-21(10-16(2)23(15)25-13-19-5-6-19)22-11-17(3)24(18(4)12-22)26-14-20-7-8-20/h9-12,19-20H,5-8,13-14H2,1-4H3. The third kappa shape index (κ3) is 3.90. The number of aryl methyl sites for hydroxylation is 4. The first-order valence-electron chi connectivity index (χ1n) is 9.99. The van der Waals surface area contributed by atoms with Gasteiger partial charge in [0.1, 0.15) is 11.5 Å². The summed E-state index contributed by atoms with van der Waals surface area (Å²) in [7, 11) is 0. The van der Waals surface area contributed by atoms with Crippen LogP contribution in [0.4, 0.5) is 0 Å². The molecule has 2 nitrogen and oxygen atoms in total. The maximum Gasteiger partial charge on any atom is 0.125 e. The van der Waals surface area contributed by atoms with Crippen LogP contribution in [0, 0.1) is 39.5 Å². The molecule has 0 aliphatic heterocycles. The minimum absolute atomic E-state index is 0.780. The van der Waals surface area contributed by atoms with Crippen molar-refractivity contribution in [3.63, 3.8) is 0 Å². The van der Waals surface area contributed by atoms with E-state index in [1.165, 1.54) is 59.1 Å². The summed E-state index contributed by atoms with van der Waals surface area (Å²) >= 11 is 0. The number of hydrogen-bond acceptors (Lipinski definition) is 2. The second-order valence-corrected chi connectivity index (χ2v) is 8.39. The van der Waals surface area contributed by atoms with Crippen molar-refractivity contribution in [2.75, 3.05) is 13.2 Å². The largest absolute Gasteiger partial charge is 0.493 e. The Bertz CT molecular complexity index is 697. The van der Waals surface area contributed by atoms with Gasteiger partial charge in [-0.1, -0.05) is 0 Å². The fraction of sp³-hybridized carbons (Fsp3) is 0.500. The molecule has 26 heavy (non-hydrogen) atoms. The molecular weight excluding hydrogens is 320 g/mol. The third-order valence-corrected chi connectivity index (χ3v) is 5.57. The molecule has 0 spiro atoms. The summed E-state index contributed by atoms with van der Waals surface area (Å²) in [5, 5.41) is 0. The maximum absolute atomic E-state index is 6.09. The summed E-state index contributed by atoms with van der Waals surface area (Å²) in [5.41, 5.74) is 7.43. The number of rotatable bonds is 7. The van der Waals surface area contributed by atoms with Crippen molar-refractivity contribution < 1.29 is 9.47 Å². The van der Waals surface area contributed by atoms with Gasteiger partial charge >= 0.3 is 0 Å². The zero-order valence-corrected chi connectivity index (χ0v) is 16.5. The third-order valence-electron chi connectivity index (χ3n) is 5.57. The molecular formula is C24H30O2. The molecule has 138 valence electrons. The fourth-order valence-electron chi connectivity index (χ4n) is 3.66. The smallest absolute Gasteiger partial charge is 0.125 e. The molecule has 2 aliphatic carbocycles. The average molecular weight is 351 g/mol. The molecule has 2 aromatic carbocycles. The lowest BCUT2D eigenvalue weighted by molar-refractivity contribution is 0.296. The van der Waals surface area contributed by atoms with E-state index in [1.54, 1.807) is 0 Å². The van der Waals surface area contributed by atoms with Gasteiger partial charge in [-0.05, 0) is 123 Å². The van der Waals surface area contributed by atoms with Crippen LogP contribution >= 0.6 is 0 Å². The van der Waals surface area contributed by atoms with Crippen LogP contribution < -0.4 is 9.47 Å². The van der Waals surface area contributed by atoms with E-state index in [4.69, 9.17) is 9.47 Å². The molecule has 2 fully saturated rings. The number of ether oxygens (including phenoxy) is 2. The molecule has 0 saturated heterocycles. The normalized spacial score (nSPS) is 16.6. The zero-order valence-electron chi connectivity index (χ0n) is 16.5. The van der Waals surface area contributed by atoms with Crippen LogP contribution in [0.5, 0.6) is 11.5 Å². The summed E-state index contributed by atoms with van der Waals surface area (Å²) in [5.74, 6) is 3.70. The first kappa shape index (κ1) is 17.5. The predicted molar refractivity (Wildman–Crippen MR) is 107 cm³/mol. The molecule has 0 aromatic heterocycles. The van der Waals surface area contributed by atoms with Crippen LogP contribution in [0.25, 0.3) is 11.1 Å². The molecule has 0 atom stereocenters. The highest BCUT2D eigenvalue weighted by Gasteiger charge is 2.23. The molecule has 2 aromatic rings. The molecule has 4 rings (SSSR count). The van der Waals surface area contributed by atoms with Gasteiger partial charge in [0, 0.05) is 0 Å². The topological polar surface area (TPSA) is 18.5 Å². The van der Waals surface area contributed by atoms with Crippen LogP contribution in [0.2, 0.25) is 0 Å². The highest BCUT2D eigenvalue weighted by atomic mass is 16.5. The van der Waals surface area contributed by atoms with Crippen molar-refractivity contribution in [3.05, 3.63) is 46.5 Å². The Morgan fingerprint density at radius 3 is 1.19 bits per heavy atom. The lowest BCUT2D eigenvalue weighted by Gasteiger charge is -2.17. The van der Waals surface area contributed by atoms with Crippen LogP contribution in [0.3, 0.4) is 0 Å². The Hall–Kier alpha value is -1.96. The molecule has 0 radical (unpaired) electrons. The molecule has 0 amide bonds. The van der Waals surface area contributed by atoms with E-state index in [2.05, 4.69) is 52.0 Å². The van der Waals surface area contributed by atoms with E-state index in [-0.39, 0.29) is 0 Å². The van der Waals surface area contributed by atoms with E-state index in [1.807, 2.05) is 0 Å². The molecule has 2 aliphatic rings. The first-order valence-corrected chi connectivity index (χ1v) is 9.99.